The van der Waals surface area contributed by atoms with Gasteiger partial charge < -0.3 is 0 Å². The van der Waals surface area contributed by atoms with Crippen molar-refractivity contribution in [2.45, 2.75) is 6.54 Å². The Kier molecular flexibility index (Phi) is 3.09. The van der Waals surface area contributed by atoms with Gasteiger partial charge in [-0.3, -0.25) is 30.3 Å². The van der Waals surface area contributed by atoms with Gasteiger partial charge in [-0.1, -0.05) is 0 Å². The average Bonchev–Trinajstić information content (AvgIpc) is 2.16. The summed E-state index contributed by atoms with van der Waals surface area (Å²) in [5.74, 6) is 0. The molecule has 0 fully saturated rings. The highest BCUT2D eigenvalue weighted by molar-refractivity contribution is 5.53. The van der Waals surface area contributed by atoms with Gasteiger partial charge in [0.2, 0.25) is 6.54 Å². The molecule has 9 heteroatoms. The number of nitro groups is 3. The standard InChI is InChI=1S/C7H5N3O6/c11-8(12)4-5-1-2-6(9(13)14)7(3-5)10(15)16/h1-3H,4H2. The normalized spacial score (nSPS) is 9.75. The molecule has 0 aromatic heterocycles. The zero-order chi connectivity index (χ0) is 12.3. The Bertz CT molecular complexity index is 471. The van der Waals surface area contributed by atoms with Crippen LogP contribution in [-0.2, 0) is 6.54 Å². The van der Waals surface area contributed by atoms with Crippen LogP contribution >= 0.6 is 0 Å². The largest absolute Gasteiger partial charge is 0.346 e. The van der Waals surface area contributed by atoms with Crippen molar-refractivity contribution in [3.05, 3.63) is 54.1 Å². The summed E-state index contributed by atoms with van der Waals surface area (Å²) in [6, 6.07) is 2.84. The summed E-state index contributed by atoms with van der Waals surface area (Å²) in [6.07, 6.45) is 0. The fourth-order valence-corrected chi connectivity index (χ4v) is 1.12. The van der Waals surface area contributed by atoms with Crippen LogP contribution in [0.25, 0.3) is 0 Å². The molecule has 0 saturated carbocycles. The smallest absolute Gasteiger partial charge is 0.264 e. The number of benzene rings is 1. The second kappa shape index (κ2) is 4.29. The van der Waals surface area contributed by atoms with Crippen LogP contribution in [-0.4, -0.2) is 14.8 Å². The van der Waals surface area contributed by atoms with Gasteiger partial charge in [-0.2, -0.15) is 0 Å². The van der Waals surface area contributed by atoms with Gasteiger partial charge in [0.1, 0.15) is 0 Å². The van der Waals surface area contributed by atoms with Crippen molar-refractivity contribution in [1.29, 1.82) is 0 Å². The molecule has 0 N–H and O–H groups in total. The van der Waals surface area contributed by atoms with Crippen LogP contribution in [0.2, 0.25) is 0 Å². The van der Waals surface area contributed by atoms with Gasteiger partial charge in [-0.25, -0.2) is 0 Å². The summed E-state index contributed by atoms with van der Waals surface area (Å²) in [6.45, 7) is -0.612. The summed E-state index contributed by atoms with van der Waals surface area (Å²) in [7, 11) is 0. The number of nitrogens with zero attached hydrogens (tertiary/aromatic N) is 3. The lowest BCUT2D eigenvalue weighted by Crippen LogP contribution is -2.01. The van der Waals surface area contributed by atoms with Crippen LogP contribution in [0.4, 0.5) is 11.4 Å². The van der Waals surface area contributed by atoms with E-state index in [4.69, 9.17) is 0 Å². The Morgan fingerprint density at radius 3 is 1.94 bits per heavy atom. The quantitative estimate of drug-likeness (QED) is 0.562. The first-order valence-corrected chi connectivity index (χ1v) is 3.95. The fourth-order valence-electron chi connectivity index (χ4n) is 1.12. The van der Waals surface area contributed by atoms with Crippen molar-refractivity contribution < 1.29 is 14.8 Å². The SMILES string of the molecule is O=[N+]([O-])Cc1ccc([N+](=O)[O-])c([N+](=O)[O-])c1. The molecule has 1 aromatic rings. The molecule has 0 aliphatic carbocycles. The molecule has 0 aliphatic heterocycles. The summed E-state index contributed by atoms with van der Waals surface area (Å²) in [5.41, 5.74) is -1.39. The van der Waals surface area contributed by atoms with E-state index in [1.54, 1.807) is 0 Å². The van der Waals surface area contributed by atoms with Gasteiger partial charge in [0.15, 0.2) is 0 Å². The molecular weight excluding hydrogens is 222 g/mol. The summed E-state index contributed by atoms with van der Waals surface area (Å²) < 4.78 is 0. The third-order valence-corrected chi connectivity index (χ3v) is 1.74. The molecule has 0 atom stereocenters. The van der Waals surface area contributed by atoms with Crippen LogP contribution in [0, 0.1) is 30.3 Å². The Morgan fingerprint density at radius 1 is 0.938 bits per heavy atom. The zero-order valence-corrected chi connectivity index (χ0v) is 7.73. The number of nitro benzene ring substituents is 2. The van der Waals surface area contributed by atoms with E-state index >= 15 is 0 Å². The molecule has 0 unspecified atom stereocenters. The van der Waals surface area contributed by atoms with Crippen molar-refractivity contribution in [3.63, 3.8) is 0 Å². The third kappa shape index (κ3) is 2.47. The van der Waals surface area contributed by atoms with Gasteiger partial charge in [-0.05, 0) is 6.07 Å². The Hall–Kier alpha value is -2.58. The lowest BCUT2D eigenvalue weighted by atomic mass is 10.2. The predicted molar refractivity (Wildman–Crippen MR) is 50.4 cm³/mol. The molecule has 9 nitrogen and oxygen atoms in total. The van der Waals surface area contributed by atoms with Crippen LogP contribution in [0.15, 0.2) is 18.2 Å². The first-order chi connectivity index (χ1) is 7.41. The van der Waals surface area contributed by atoms with Crippen molar-refractivity contribution in [2.24, 2.45) is 0 Å². The lowest BCUT2D eigenvalue weighted by molar-refractivity contribution is -0.497. The highest BCUT2D eigenvalue weighted by atomic mass is 16.6. The van der Waals surface area contributed by atoms with Crippen molar-refractivity contribution in [3.8, 4) is 0 Å². The lowest BCUT2D eigenvalue weighted by Gasteiger charge is -1.97. The summed E-state index contributed by atoms with van der Waals surface area (Å²) in [4.78, 5) is 28.6. The number of hydrogen-bond donors (Lipinski definition) is 0. The first kappa shape index (κ1) is 11.5. The first-order valence-electron chi connectivity index (χ1n) is 3.95. The maximum atomic E-state index is 10.5. The van der Waals surface area contributed by atoms with Gasteiger partial charge in [0.05, 0.1) is 9.85 Å². The van der Waals surface area contributed by atoms with Gasteiger partial charge in [-0.15, -0.1) is 0 Å². The molecule has 0 radical (unpaired) electrons. The van der Waals surface area contributed by atoms with Gasteiger partial charge in [0, 0.05) is 22.6 Å². The fraction of sp³-hybridized carbons (Fsp3) is 0.143. The topological polar surface area (TPSA) is 129 Å². The average molecular weight is 227 g/mol. The Morgan fingerprint density at radius 2 is 1.50 bits per heavy atom. The van der Waals surface area contributed by atoms with E-state index < -0.39 is 32.7 Å². The second-order valence-electron chi connectivity index (χ2n) is 2.83. The van der Waals surface area contributed by atoms with E-state index in [1.165, 1.54) is 0 Å². The van der Waals surface area contributed by atoms with Gasteiger partial charge in [0.25, 0.3) is 0 Å². The van der Waals surface area contributed by atoms with E-state index in [0.29, 0.717) is 0 Å². The van der Waals surface area contributed by atoms with E-state index in [-0.39, 0.29) is 5.56 Å². The summed E-state index contributed by atoms with van der Waals surface area (Å²) in [5, 5.41) is 31.1. The molecule has 16 heavy (non-hydrogen) atoms. The van der Waals surface area contributed by atoms with Gasteiger partial charge >= 0.3 is 11.4 Å². The van der Waals surface area contributed by atoms with Crippen molar-refractivity contribution in [2.75, 3.05) is 0 Å². The monoisotopic (exact) mass is 227 g/mol. The minimum Gasteiger partial charge on any atom is -0.264 e. The summed E-state index contributed by atoms with van der Waals surface area (Å²) >= 11 is 0. The van der Waals surface area contributed by atoms with E-state index in [2.05, 4.69) is 0 Å². The molecule has 1 rings (SSSR count). The molecule has 0 spiro atoms. The molecule has 0 saturated heterocycles. The minimum absolute atomic E-state index is 0.0438. The van der Waals surface area contributed by atoms with Crippen molar-refractivity contribution in [1.82, 2.24) is 0 Å². The molecule has 1 aromatic carbocycles. The zero-order valence-electron chi connectivity index (χ0n) is 7.73. The highest BCUT2D eigenvalue weighted by Crippen LogP contribution is 2.27. The highest BCUT2D eigenvalue weighted by Gasteiger charge is 2.24. The maximum absolute atomic E-state index is 10.5. The second-order valence-corrected chi connectivity index (χ2v) is 2.83. The molecular formula is C7H5N3O6. The van der Waals surface area contributed by atoms with E-state index in [0.717, 1.165) is 18.2 Å². The Balaban J connectivity index is 3.22. The molecule has 0 heterocycles. The minimum atomic E-state index is -0.943. The molecule has 0 amide bonds. The molecule has 0 bridgehead atoms. The predicted octanol–water partition coefficient (Wildman–Crippen LogP) is 1.28. The van der Waals surface area contributed by atoms with E-state index in [1.807, 2.05) is 0 Å². The van der Waals surface area contributed by atoms with Crippen LogP contribution in [0.5, 0.6) is 0 Å². The van der Waals surface area contributed by atoms with Crippen molar-refractivity contribution >= 4 is 11.4 Å². The van der Waals surface area contributed by atoms with Crippen LogP contribution in [0.1, 0.15) is 5.56 Å². The number of rotatable bonds is 4. The maximum Gasteiger partial charge on any atom is 0.346 e. The third-order valence-electron chi connectivity index (χ3n) is 1.74. The molecule has 84 valence electrons. The van der Waals surface area contributed by atoms with E-state index in [9.17, 15) is 30.3 Å². The van der Waals surface area contributed by atoms with Crippen LogP contribution in [0.3, 0.4) is 0 Å². The number of hydrogen-bond acceptors (Lipinski definition) is 6. The molecule has 0 aliphatic rings. The Labute approximate surface area is 87.8 Å². The van der Waals surface area contributed by atoms with Crippen LogP contribution < -0.4 is 0 Å².